The van der Waals surface area contributed by atoms with Crippen molar-refractivity contribution >= 4 is 95.6 Å². The summed E-state index contributed by atoms with van der Waals surface area (Å²) in [6, 6.07) is 51.3. The molecule has 10 aromatic rings. The fraction of sp³-hybridized carbons (Fsp3) is 0. The smallest absolute Gasteiger partial charge is 0.0829 e. The second-order valence-electron chi connectivity index (χ2n) is 11.3. The maximum Gasteiger partial charge on any atom is 0.0829 e. The third kappa shape index (κ3) is 3.21. The van der Waals surface area contributed by atoms with Crippen molar-refractivity contribution in [3.8, 4) is 16.8 Å². The van der Waals surface area contributed by atoms with E-state index in [1.165, 1.54) is 89.7 Å². The van der Waals surface area contributed by atoms with Crippen LogP contribution in [-0.2, 0) is 0 Å². The molecule has 3 heterocycles. The Morgan fingerprint density at radius 2 is 1.02 bits per heavy atom. The highest BCUT2D eigenvalue weighted by Crippen LogP contribution is 2.50. The minimum Gasteiger partial charge on any atom is -0.306 e. The van der Waals surface area contributed by atoms with Crippen molar-refractivity contribution in [2.24, 2.45) is 0 Å². The van der Waals surface area contributed by atoms with Crippen LogP contribution < -0.4 is 0 Å². The lowest BCUT2D eigenvalue weighted by molar-refractivity contribution is 1.22. The summed E-state index contributed by atoms with van der Waals surface area (Å²) in [5.41, 5.74) is 6.40. The molecule has 200 valence electrons. The maximum absolute atomic E-state index is 2.58. The molecular formula is C40H23NS2. The molecule has 0 spiro atoms. The lowest BCUT2D eigenvalue weighted by Crippen LogP contribution is -1.98. The molecule has 0 N–H and O–H groups in total. The van der Waals surface area contributed by atoms with Crippen LogP contribution in [0.25, 0.3) is 89.7 Å². The van der Waals surface area contributed by atoms with E-state index in [0.717, 1.165) is 0 Å². The number of hydrogen-bond donors (Lipinski definition) is 0. The van der Waals surface area contributed by atoms with Crippen molar-refractivity contribution in [2.75, 3.05) is 0 Å². The molecule has 3 heteroatoms. The van der Waals surface area contributed by atoms with E-state index in [-0.39, 0.29) is 0 Å². The molecule has 0 aliphatic heterocycles. The molecule has 3 aromatic heterocycles. The van der Waals surface area contributed by atoms with E-state index < -0.39 is 0 Å². The quantitative estimate of drug-likeness (QED) is 0.179. The number of fused-ring (bicyclic) bond motifs is 10. The van der Waals surface area contributed by atoms with E-state index in [1.807, 2.05) is 22.7 Å². The van der Waals surface area contributed by atoms with Crippen LogP contribution in [0.1, 0.15) is 0 Å². The number of benzene rings is 7. The summed E-state index contributed by atoms with van der Waals surface area (Å²) in [5.74, 6) is 0. The molecule has 1 nitrogen and oxygen atoms in total. The SMILES string of the molecule is c1ccc2cc(-c3c4ccccc4c(-n4c5ccccc5c5sc6c7ccccc7sc6c54)c4ccccc34)ccc2c1. The predicted octanol–water partition coefficient (Wildman–Crippen LogP) is 12.3. The number of rotatable bonds is 2. The minimum atomic E-state index is 1.25. The molecule has 0 saturated carbocycles. The van der Waals surface area contributed by atoms with Gasteiger partial charge in [0.1, 0.15) is 0 Å². The van der Waals surface area contributed by atoms with Crippen LogP contribution in [0.5, 0.6) is 0 Å². The van der Waals surface area contributed by atoms with Crippen LogP contribution >= 0.6 is 22.7 Å². The molecule has 0 aliphatic carbocycles. The Hall–Kier alpha value is -4.96. The highest BCUT2D eigenvalue weighted by Gasteiger charge is 2.24. The van der Waals surface area contributed by atoms with Crippen molar-refractivity contribution in [1.29, 1.82) is 0 Å². The van der Waals surface area contributed by atoms with E-state index in [0.29, 0.717) is 0 Å². The average molecular weight is 582 g/mol. The van der Waals surface area contributed by atoms with Crippen molar-refractivity contribution in [1.82, 2.24) is 4.57 Å². The molecule has 10 rings (SSSR count). The molecule has 0 unspecified atom stereocenters. The Morgan fingerprint density at radius 3 is 1.79 bits per heavy atom. The standard InChI is InChI=1S/C40H23NS2/c1-2-12-25-23-26(22-21-24(25)11-1)35-27-13-3-5-15-29(27)36(30-16-6-4-14-28(30)35)41-33-19-9-7-17-31(33)38-37(41)40-39(43-38)32-18-8-10-20-34(32)42-40/h1-23H. The zero-order valence-electron chi connectivity index (χ0n) is 23.0. The van der Waals surface area contributed by atoms with Gasteiger partial charge in [-0.25, -0.2) is 0 Å². The average Bonchev–Trinajstić information content (AvgIpc) is 3.71. The van der Waals surface area contributed by atoms with E-state index in [1.54, 1.807) is 0 Å². The Balaban J connectivity index is 1.41. The minimum absolute atomic E-state index is 1.25. The molecule has 0 amide bonds. The monoisotopic (exact) mass is 581 g/mol. The highest BCUT2D eigenvalue weighted by atomic mass is 32.1. The topological polar surface area (TPSA) is 4.93 Å². The van der Waals surface area contributed by atoms with Crippen LogP contribution in [0, 0.1) is 0 Å². The number of hydrogen-bond acceptors (Lipinski definition) is 2. The second kappa shape index (κ2) is 8.78. The maximum atomic E-state index is 2.58. The van der Waals surface area contributed by atoms with Crippen LogP contribution in [0.4, 0.5) is 0 Å². The summed E-state index contributed by atoms with van der Waals surface area (Å²) < 4.78 is 8.07. The zero-order valence-corrected chi connectivity index (χ0v) is 24.7. The van der Waals surface area contributed by atoms with Crippen molar-refractivity contribution in [3.05, 3.63) is 140 Å². The van der Waals surface area contributed by atoms with Gasteiger partial charge in [0, 0.05) is 26.2 Å². The summed E-state index contributed by atoms with van der Waals surface area (Å²) in [6.45, 7) is 0. The van der Waals surface area contributed by atoms with Crippen LogP contribution in [-0.4, -0.2) is 4.57 Å². The van der Waals surface area contributed by atoms with Gasteiger partial charge in [0.25, 0.3) is 0 Å². The van der Waals surface area contributed by atoms with E-state index in [4.69, 9.17) is 0 Å². The first-order valence-electron chi connectivity index (χ1n) is 14.6. The van der Waals surface area contributed by atoms with Gasteiger partial charge in [-0.2, -0.15) is 0 Å². The Labute approximate surface area is 255 Å². The fourth-order valence-corrected chi connectivity index (χ4v) is 9.91. The highest BCUT2D eigenvalue weighted by molar-refractivity contribution is 7.37. The molecule has 43 heavy (non-hydrogen) atoms. The van der Waals surface area contributed by atoms with Gasteiger partial charge < -0.3 is 4.57 Å². The van der Waals surface area contributed by atoms with Crippen molar-refractivity contribution in [3.63, 3.8) is 0 Å². The number of thiophene rings is 2. The van der Waals surface area contributed by atoms with Gasteiger partial charge in [-0.3, -0.25) is 0 Å². The van der Waals surface area contributed by atoms with Crippen molar-refractivity contribution in [2.45, 2.75) is 0 Å². The molecular weight excluding hydrogens is 559 g/mol. The molecule has 0 atom stereocenters. The third-order valence-electron chi connectivity index (χ3n) is 8.96. The Kier molecular flexibility index (Phi) is 4.81. The van der Waals surface area contributed by atoms with Gasteiger partial charge >= 0.3 is 0 Å². The molecule has 0 bridgehead atoms. The number of aromatic nitrogens is 1. The summed E-state index contributed by atoms with van der Waals surface area (Å²) in [7, 11) is 0. The summed E-state index contributed by atoms with van der Waals surface area (Å²) in [4.78, 5) is 0. The zero-order chi connectivity index (χ0) is 28.1. The molecule has 0 aliphatic rings. The van der Waals surface area contributed by atoms with Crippen LogP contribution in [0.15, 0.2) is 140 Å². The van der Waals surface area contributed by atoms with Gasteiger partial charge in [0.15, 0.2) is 0 Å². The molecule has 0 saturated heterocycles. The summed E-state index contributed by atoms with van der Waals surface area (Å²) in [6.07, 6.45) is 0. The lowest BCUT2D eigenvalue weighted by atomic mass is 9.89. The fourth-order valence-electron chi connectivity index (χ4n) is 7.13. The number of nitrogens with zero attached hydrogens (tertiary/aromatic N) is 1. The first kappa shape index (κ1) is 23.6. The van der Waals surface area contributed by atoms with Gasteiger partial charge in [0.2, 0.25) is 0 Å². The normalized spacial score (nSPS) is 12.2. The summed E-state index contributed by atoms with van der Waals surface area (Å²) in [5, 5.41) is 10.3. The van der Waals surface area contributed by atoms with Crippen LogP contribution in [0.2, 0.25) is 0 Å². The van der Waals surface area contributed by atoms with E-state index in [9.17, 15) is 0 Å². The first-order valence-corrected chi connectivity index (χ1v) is 16.2. The summed E-state index contributed by atoms with van der Waals surface area (Å²) >= 11 is 3.87. The molecule has 0 radical (unpaired) electrons. The van der Waals surface area contributed by atoms with Gasteiger partial charge in [-0.05, 0) is 50.9 Å². The third-order valence-corrected chi connectivity index (χ3v) is 11.5. The van der Waals surface area contributed by atoms with E-state index >= 15 is 0 Å². The van der Waals surface area contributed by atoms with Crippen molar-refractivity contribution < 1.29 is 0 Å². The molecule has 7 aromatic carbocycles. The first-order chi connectivity index (χ1) is 21.3. The molecule has 0 fully saturated rings. The second-order valence-corrected chi connectivity index (χ2v) is 13.3. The Bertz CT molecular complexity index is 2680. The van der Waals surface area contributed by atoms with Gasteiger partial charge in [-0.15, -0.1) is 22.7 Å². The predicted molar refractivity (Wildman–Crippen MR) is 190 cm³/mol. The van der Waals surface area contributed by atoms with E-state index in [2.05, 4.69) is 144 Å². The lowest BCUT2D eigenvalue weighted by Gasteiger charge is -2.19. The van der Waals surface area contributed by atoms with Gasteiger partial charge in [-0.1, -0.05) is 121 Å². The van der Waals surface area contributed by atoms with Crippen LogP contribution in [0.3, 0.4) is 0 Å². The number of para-hydroxylation sites is 1. The van der Waals surface area contributed by atoms with Gasteiger partial charge in [0.05, 0.1) is 30.8 Å². The largest absolute Gasteiger partial charge is 0.306 e. The Morgan fingerprint density at radius 1 is 0.419 bits per heavy atom.